The summed E-state index contributed by atoms with van der Waals surface area (Å²) >= 11 is 1.43. The van der Waals surface area contributed by atoms with Crippen LogP contribution in [0.4, 0.5) is 5.13 Å². The third kappa shape index (κ3) is 3.73. The summed E-state index contributed by atoms with van der Waals surface area (Å²) in [6, 6.07) is 5.65. The Bertz CT molecular complexity index is 653. The number of carbonyl (C=O) groups excluding carboxylic acids is 1. The fourth-order valence-corrected chi connectivity index (χ4v) is 3.31. The van der Waals surface area contributed by atoms with Gasteiger partial charge < -0.3 is 14.8 Å². The molecule has 1 saturated heterocycles. The standard InChI is InChI=1S/C15H19N3O3S/c1-20-11-2-3-12-13(8-11)22-15(17-12)18-14(19)9-21-10-4-6-16-7-5-10/h2-3,8,10,16H,4-7,9H2,1H3,(H,17,18,19). The lowest BCUT2D eigenvalue weighted by Crippen LogP contribution is -2.34. The van der Waals surface area contributed by atoms with Gasteiger partial charge in [0.25, 0.3) is 5.91 Å². The predicted octanol–water partition coefficient (Wildman–Crippen LogP) is 2.01. The minimum atomic E-state index is -0.162. The van der Waals surface area contributed by atoms with Crippen molar-refractivity contribution in [1.29, 1.82) is 0 Å². The molecule has 1 aromatic heterocycles. The topological polar surface area (TPSA) is 72.5 Å². The minimum absolute atomic E-state index is 0.0733. The first-order chi connectivity index (χ1) is 10.7. The molecule has 0 spiro atoms. The number of aromatic nitrogens is 1. The van der Waals surface area contributed by atoms with Gasteiger partial charge in [0.05, 0.1) is 23.4 Å². The van der Waals surface area contributed by atoms with Gasteiger partial charge in [0.2, 0.25) is 0 Å². The van der Waals surface area contributed by atoms with Crippen LogP contribution in [0.3, 0.4) is 0 Å². The Labute approximate surface area is 132 Å². The Balaban J connectivity index is 1.56. The summed E-state index contributed by atoms with van der Waals surface area (Å²) in [5.41, 5.74) is 0.848. The third-order valence-electron chi connectivity index (χ3n) is 3.58. The maximum absolute atomic E-state index is 11.9. The number of thiazole rings is 1. The van der Waals surface area contributed by atoms with Crippen molar-refractivity contribution in [2.24, 2.45) is 0 Å². The molecular formula is C15H19N3O3S. The minimum Gasteiger partial charge on any atom is -0.497 e. The van der Waals surface area contributed by atoms with E-state index in [-0.39, 0.29) is 18.6 Å². The summed E-state index contributed by atoms with van der Waals surface area (Å²) < 4.78 is 11.8. The number of rotatable bonds is 5. The van der Waals surface area contributed by atoms with Crippen molar-refractivity contribution in [3.63, 3.8) is 0 Å². The number of methoxy groups -OCH3 is 1. The number of carbonyl (C=O) groups is 1. The SMILES string of the molecule is COc1ccc2nc(NC(=O)COC3CCNCC3)sc2c1. The summed E-state index contributed by atoms with van der Waals surface area (Å²) in [5, 5.41) is 6.65. The molecule has 7 heteroatoms. The molecule has 0 aliphatic carbocycles. The predicted molar refractivity (Wildman–Crippen MR) is 86.6 cm³/mol. The van der Waals surface area contributed by atoms with Crippen LogP contribution in [-0.2, 0) is 9.53 Å². The van der Waals surface area contributed by atoms with Crippen LogP contribution < -0.4 is 15.4 Å². The van der Waals surface area contributed by atoms with Crippen molar-refractivity contribution in [2.75, 3.05) is 32.1 Å². The van der Waals surface area contributed by atoms with Crippen molar-refractivity contribution in [3.05, 3.63) is 18.2 Å². The largest absolute Gasteiger partial charge is 0.497 e. The second-order valence-corrected chi connectivity index (χ2v) is 6.19. The van der Waals surface area contributed by atoms with E-state index in [1.807, 2.05) is 18.2 Å². The van der Waals surface area contributed by atoms with Crippen LogP contribution in [0.15, 0.2) is 18.2 Å². The zero-order valence-electron chi connectivity index (χ0n) is 12.4. The molecule has 0 saturated carbocycles. The maximum atomic E-state index is 11.9. The Morgan fingerprint density at radius 3 is 3.05 bits per heavy atom. The molecule has 0 bridgehead atoms. The van der Waals surface area contributed by atoms with Crippen molar-refractivity contribution < 1.29 is 14.3 Å². The van der Waals surface area contributed by atoms with Crippen LogP contribution in [-0.4, -0.2) is 43.8 Å². The zero-order chi connectivity index (χ0) is 15.4. The van der Waals surface area contributed by atoms with E-state index in [4.69, 9.17) is 9.47 Å². The number of amides is 1. The van der Waals surface area contributed by atoms with E-state index in [9.17, 15) is 4.79 Å². The van der Waals surface area contributed by atoms with Crippen molar-refractivity contribution >= 4 is 32.6 Å². The Morgan fingerprint density at radius 1 is 1.45 bits per heavy atom. The van der Waals surface area contributed by atoms with E-state index < -0.39 is 0 Å². The summed E-state index contributed by atoms with van der Waals surface area (Å²) in [6.45, 7) is 1.97. The van der Waals surface area contributed by atoms with Crippen molar-refractivity contribution in [1.82, 2.24) is 10.3 Å². The molecule has 2 N–H and O–H groups in total. The Kier molecular flexibility index (Phi) is 4.87. The van der Waals surface area contributed by atoms with Gasteiger partial charge in [0, 0.05) is 0 Å². The molecule has 3 rings (SSSR count). The van der Waals surface area contributed by atoms with E-state index in [0.29, 0.717) is 5.13 Å². The summed E-state index contributed by atoms with van der Waals surface area (Å²) in [7, 11) is 1.63. The van der Waals surface area contributed by atoms with Crippen molar-refractivity contribution in [3.8, 4) is 5.75 Å². The van der Waals surface area contributed by atoms with Gasteiger partial charge in [-0.3, -0.25) is 10.1 Å². The lowest BCUT2D eigenvalue weighted by atomic mass is 10.1. The second kappa shape index (κ2) is 7.04. The van der Waals surface area contributed by atoms with Gasteiger partial charge in [0.15, 0.2) is 5.13 Å². The van der Waals surface area contributed by atoms with Gasteiger partial charge in [-0.2, -0.15) is 0 Å². The number of fused-ring (bicyclic) bond motifs is 1. The molecule has 6 nitrogen and oxygen atoms in total. The van der Waals surface area contributed by atoms with Crippen molar-refractivity contribution in [2.45, 2.75) is 18.9 Å². The molecule has 118 valence electrons. The first kappa shape index (κ1) is 15.2. The third-order valence-corrected chi connectivity index (χ3v) is 4.51. The molecule has 1 fully saturated rings. The lowest BCUT2D eigenvalue weighted by molar-refractivity contribution is -0.123. The Morgan fingerprint density at radius 2 is 2.27 bits per heavy atom. The molecule has 0 unspecified atom stereocenters. The highest BCUT2D eigenvalue weighted by Gasteiger charge is 2.15. The van der Waals surface area contributed by atoms with E-state index in [0.717, 1.165) is 41.9 Å². The summed E-state index contributed by atoms with van der Waals surface area (Å²) in [6.07, 6.45) is 2.08. The molecule has 22 heavy (non-hydrogen) atoms. The molecule has 2 heterocycles. The number of hydrogen-bond acceptors (Lipinski definition) is 6. The zero-order valence-corrected chi connectivity index (χ0v) is 13.2. The molecule has 1 aromatic carbocycles. The molecule has 0 atom stereocenters. The lowest BCUT2D eigenvalue weighted by Gasteiger charge is -2.22. The van der Waals surface area contributed by atoms with Crippen LogP contribution in [0.2, 0.25) is 0 Å². The highest BCUT2D eigenvalue weighted by molar-refractivity contribution is 7.22. The number of anilines is 1. The molecular weight excluding hydrogens is 302 g/mol. The van der Waals surface area contributed by atoms with E-state index in [2.05, 4.69) is 15.6 Å². The summed E-state index contributed by atoms with van der Waals surface area (Å²) in [4.78, 5) is 16.3. The van der Waals surface area contributed by atoms with Gasteiger partial charge >= 0.3 is 0 Å². The quantitative estimate of drug-likeness (QED) is 0.881. The van der Waals surface area contributed by atoms with Gasteiger partial charge in [0.1, 0.15) is 12.4 Å². The number of ether oxygens (including phenoxy) is 2. The van der Waals surface area contributed by atoms with Crippen LogP contribution >= 0.6 is 11.3 Å². The fourth-order valence-electron chi connectivity index (χ4n) is 2.40. The fraction of sp³-hybridized carbons (Fsp3) is 0.467. The monoisotopic (exact) mass is 321 g/mol. The number of hydrogen-bond donors (Lipinski definition) is 2. The number of piperidine rings is 1. The van der Waals surface area contributed by atoms with Crippen LogP contribution in [0.25, 0.3) is 10.2 Å². The first-order valence-electron chi connectivity index (χ1n) is 7.31. The van der Waals surface area contributed by atoms with Gasteiger partial charge in [-0.15, -0.1) is 0 Å². The molecule has 1 aliphatic heterocycles. The van der Waals surface area contributed by atoms with E-state index >= 15 is 0 Å². The second-order valence-electron chi connectivity index (χ2n) is 5.16. The average molecular weight is 321 g/mol. The van der Waals surface area contributed by atoms with Gasteiger partial charge in [-0.05, 0) is 44.1 Å². The molecule has 1 amide bonds. The Hall–Kier alpha value is -1.70. The van der Waals surface area contributed by atoms with Crippen LogP contribution in [0.5, 0.6) is 5.75 Å². The van der Waals surface area contributed by atoms with E-state index in [1.165, 1.54) is 11.3 Å². The highest BCUT2D eigenvalue weighted by Crippen LogP contribution is 2.29. The maximum Gasteiger partial charge on any atom is 0.252 e. The van der Waals surface area contributed by atoms with Gasteiger partial charge in [-0.1, -0.05) is 11.3 Å². The molecule has 2 aromatic rings. The first-order valence-corrected chi connectivity index (χ1v) is 8.13. The molecule has 0 radical (unpaired) electrons. The highest BCUT2D eigenvalue weighted by atomic mass is 32.1. The smallest absolute Gasteiger partial charge is 0.252 e. The number of benzene rings is 1. The summed E-state index contributed by atoms with van der Waals surface area (Å²) in [5.74, 6) is 0.618. The number of nitrogens with one attached hydrogen (secondary N) is 2. The number of nitrogens with zero attached hydrogens (tertiary/aromatic N) is 1. The van der Waals surface area contributed by atoms with Crippen LogP contribution in [0.1, 0.15) is 12.8 Å². The van der Waals surface area contributed by atoms with Crippen LogP contribution in [0, 0.1) is 0 Å². The van der Waals surface area contributed by atoms with Gasteiger partial charge in [-0.25, -0.2) is 4.98 Å². The van der Waals surface area contributed by atoms with E-state index in [1.54, 1.807) is 7.11 Å². The molecule has 1 aliphatic rings. The normalized spacial score (nSPS) is 15.9. The average Bonchev–Trinajstić information content (AvgIpc) is 2.95.